The molecular formula is C17H24N4O. The summed E-state index contributed by atoms with van der Waals surface area (Å²) in [4.78, 5) is 8.48. The molecule has 0 saturated carbocycles. The molecule has 0 bridgehead atoms. The zero-order valence-electron chi connectivity index (χ0n) is 13.7. The Morgan fingerprint density at radius 1 is 1.05 bits per heavy atom. The zero-order valence-corrected chi connectivity index (χ0v) is 13.7. The van der Waals surface area contributed by atoms with Gasteiger partial charge in [-0.2, -0.15) is 0 Å². The van der Waals surface area contributed by atoms with Crippen LogP contribution in [0.5, 0.6) is 5.75 Å². The molecule has 0 atom stereocenters. The second-order valence-electron chi connectivity index (χ2n) is 6.19. The number of nitrogens with zero attached hydrogens (tertiary/aromatic N) is 2. The Labute approximate surface area is 132 Å². The topological polar surface area (TPSA) is 59.1 Å². The second-order valence-corrected chi connectivity index (χ2v) is 6.19. The van der Waals surface area contributed by atoms with Crippen molar-refractivity contribution in [3.05, 3.63) is 42.2 Å². The molecule has 0 spiro atoms. The van der Waals surface area contributed by atoms with Gasteiger partial charge in [0, 0.05) is 18.2 Å². The Bertz CT molecular complexity index is 590. The minimum atomic E-state index is -0.0191. The van der Waals surface area contributed by atoms with E-state index in [-0.39, 0.29) is 5.54 Å². The number of methoxy groups -OCH3 is 1. The predicted octanol–water partition coefficient (Wildman–Crippen LogP) is 3.35. The summed E-state index contributed by atoms with van der Waals surface area (Å²) in [5, 5.41) is 6.66. The first-order chi connectivity index (χ1) is 10.5. The standard InChI is InChI=1S/C17H24N4O/c1-17(2,3)21-16-11-15(19-12-20-16)18-10-9-13-5-7-14(22-4)8-6-13/h5-8,11-12H,9-10H2,1-4H3,(H2,18,19,20,21). The van der Waals surface area contributed by atoms with Crippen LogP contribution in [0.3, 0.4) is 0 Å². The molecule has 1 aromatic heterocycles. The number of nitrogens with one attached hydrogen (secondary N) is 2. The highest BCUT2D eigenvalue weighted by Gasteiger charge is 2.10. The van der Waals surface area contributed by atoms with Gasteiger partial charge in [-0.1, -0.05) is 12.1 Å². The quantitative estimate of drug-likeness (QED) is 0.856. The Balaban J connectivity index is 1.87. The third-order valence-electron chi connectivity index (χ3n) is 3.05. The lowest BCUT2D eigenvalue weighted by Gasteiger charge is -2.21. The number of hydrogen-bond donors (Lipinski definition) is 2. The van der Waals surface area contributed by atoms with Crippen LogP contribution in [0.4, 0.5) is 11.6 Å². The van der Waals surface area contributed by atoms with E-state index in [1.165, 1.54) is 5.56 Å². The Morgan fingerprint density at radius 3 is 2.36 bits per heavy atom. The first kappa shape index (κ1) is 16.1. The maximum atomic E-state index is 5.16. The first-order valence-electron chi connectivity index (χ1n) is 7.43. The fraction of sp³-hybridized carbons (Fsp3) is 0.412. The molecule has 0 saturated heterocycles. The summed E-state index contributed by atoms with van der Waals surface area (Å²) in [7, 11) is 1.68. The number of aromatic nitrogens is 2. The van der Waals surface area contributed by atoms with Crippen LogP contribution in [0.1, 0.15) is 26.3 Å². The van der Waals surface area contributed by atoms with E-state index in [0.29, 0.717) is 0 Å². The highest BCUT2D eigenvalue weighted by Crippen LogP contribution is 2.15. The number of anilines is 2. The number of rotatable bonds is 6. The highest BCUT2D eigenvalue weighted by molar-refractivity contribution is 5.47. The van der Waals surface area contributed by atoms with Crippen molar-refractivity contribution >= 4 is 11.6 Å². The van der Waals surface area contributed by atoms with Crippen molar-refractivity contribution < 1.29 is 4.74 Å². The van der Waals surface area contributed by atoms with Gasteiger partial charge in [-0.15, -0.1) is 0 Å². The summed E-state index contributed by atoms with van der Waals surface area (Å²) in [6, 6.07) is 10.0. The normalized spacial score (nSPS) is 11.1. The van der Waals surface area contributed by atoms with Crippen LogP contribution in [0.2, 0.25) is 0 Å². The van der Waals surface area contributed by atoms with Crippen molar-refractivity contribution in [3.63, 3.8) is 0 Å². The third-order valence-corrected chi connectivity index (χ3v) is 3.05. The molecule has 118 valence electrons. The maximum absolute atomic E-state index is 5.16. The van der Waals surface area contributed by atoms with Gasteiger partial charge in [-0.3, -0.25) is 0 Å². The van der Waals surface area contributed by atoms with Gasteiger partial charge in [0.1, 0.15) is 23.7 Å². The fourth-order valence-electron chi connectivity index (χ4n) is 2.03. The zero-order chi connectivity index (χ0) is 16.0. The molecular weight excluding hydrogens is 276 g/mol. The van der Waals surface area contributed by atoms with Crippen LogP contribution in [-0.4, -0.2) is 29.2 Å². The number of hydrogen-bond acceptors (Lipinski definition) is 5. The molecule has 22 heavy (non-hydrogen) atoms. The lowest BCUT2D eigenvalue weighted by atomic mass is 10.1. The van der Waals surface area contributed by atoms with Crippen molar-refractivity contribution in [2.45, 2.75) is 32.7 Å². The summed E-state index contributed by atoms with van der Waals surface area (Å²) in [6.07, 6.45) is 2.50. The smallest absolute Gasteiger partial charge is 0.131 e. The minimum absolute atomic E-state index is 0.0191. The van der Waals surface area contributed by atoms with E-state index in [1.807, 2.05) is 18.2 Å². The SMILES string of the molecule is COc1ccc(CCNc2cc(NC(C)(C)C)ncn2)cc1. The fourth-order valence-corrected chi connectivity index (χ4v) is 2.03. The molecule has 0 unspecified atom stereocenters. The number of benzene rings is 1. The van der Waals surface area contributed by atoms with Crippen molar-refractivity contribution in [3.8, 4) is 5.75 Å². The predicted molar refractivity (Wildman–Crippen MR) is 90.6 cm³/mol. The van der Waals surface area contributed by atoms with Gasteiger partial charge in [0.2, 0.25) is 0 Å². The molecule has 2 rings (SSSR count). The molecule has 1 aromatic carbocycles. The Kier molecular flexibility index (Phi) is 5.20. The largest absolute Gasteiger partial charge is 0.497 e. The minimum Gasteiger partial charge on any atom is -0.497 e. The van der Waals surface area contributed by atoms with E-state index in [1.54, 1.807) is 13.4 Å². The molecule has 2 N–H and O–H groups in total. The maximum Gasteiger partial charge on any atom is 0.131 e. The molecule has 0 amide bonds. The monoisotopic (exact) mass is 300 g/mol. The van der Waals surface area contributed by atoms with Crippen molar-refractivity contribution in [2.24, 2.45) is 0 Å². The summed E-state index contributed by atoms with van der Waals surface area (Å²) in [6.45, 7) is 7.13. The summed E-state index contributed by atoms with van der Waals surface area (Å²) in [5.41, 5.74) is 1.24. The second kappa shape index (κ2) is 7.11. The summed E-state index contributed by atoms with van der Waals surface area (Å²) >= 11 is 0. The average Bonchev–Trinajstić information content (AvgIpc) is 2.47. The van der Waals surface area contributed by atoms with Gasteiger partial charge in [0.15, 0.2) is 0 Å². The summed E-state index contributed by atoms with van der Waals surface area (Å²) in [5.74, 6) is 2.54. The lowest BCUT2D eigenvalue weighted by molar-refractivity contribution is 0.414. The van der Waals surface area contributed by atoms with Crippen LogP contribution in [0, 0.1) is 0 Å². The third kappa shape index (κ3) is 5.24. The van der Waals surface area contributed by atoms with Crippen LogP contribution < -0.4 is 15.4 Å². The van der Waals surface area contributed by atoms with E-state index < -0.39 is 0 Å². The molecule has 5 nitrogen and oxygen atoms in total. The molecule has 0 aliphatic carbocycles. The lowest BCUT2D eigenvalue weighted by Crippen LogP contribution is -2.26. The molecule has 0 fully saturated rings. The summed E-state index contributed by atoms with van der Waals surface area (Å²) < 4.78 is 5.16. The van der Waals surface area contributed by atoms with Gasteiger partial charge in [0.05, 0.1) is 7.11 Å². The molecule has 0 radical (unpaired) electrons. The van der Waals surface area contributed by atoms with E-state index in [9.17, 15) is 0 Å². The van der Waals surface area contributed by atoms with Crippen molar-refractivity contribution in [1.29, 1.82) is 0 Å². The van der Waals surface area contributed by atoms with E-state index in [2.05, 4.69) is 53.5 Å². The Hall–Kier alpha value is -2.30. The van der Waals surface area contributed by atoms with Crippen molar-refractivity contribution in [1.82, 2.24) is 9.97 Å². The number of ether oxygens (including phenoxy) is 1. The van der Waals surface area contributed by atoms with Crippen molar-refractivity contribution in [2.75, 3.05) is 24.3 Å². The molecule has 0 aliphatic heterocycles. The van der Waals surface area contributed by atoms with Crippen LogP contribution in [0.15, 0.2) is 36.7 Å². The van der Waals surface area contributed by atoms with Gasteiger partial charge in [-0.25, -0.2) is 9.97 Å². The molecule has 0 aliphatic rings. The first-order valence-corrected chi connectivity index (χ1v) is 7.43. The van der Waals surface area contributed by atoms with Gasteiger partial charge >= 0.3 is 0 Å². The highest BCUT2D eigenvalue weighted by atomic mass is 16.5. The van der Waals surface area contributed by atoms with Crippen LogP contribution >= 0.6 is 0 Å². The molecule has 2 aromatic rings. The van der Waals surface area contributed by atoms with Gasteiger partial charge in [-0.05, 0) is 44.9 Å². The van der Waals surface area contributed by atoms with Gasteiger partial charge < -0.3 is 15.4 Å². The van der Waals surface area contributed by atoms with E-state index >= 15 is 0 Å². The molecule has 5 heteroatoms. The van der Waals surface area contributed by atoms with Gasteiger partial charge in [0.25, 0.3) is 0 Å². The van der Waals surface area contributed by atoms with E-state index in [4.69, 9.17) is 4.74 Å². The Morgan fingerprint density at radius 2 is 1.73 bits per heavy atom. The van der Waals surface area contributed by atoms with E-state index in [0.717, 1.165) is 30.4 Å². The average molecular weight is 300 g/mol. The van der Waals surface area contributed by atoms with Crippen LogP contribution in [0.25, 0.3) is 0 Å². The molecule has 1 heterocycles. The van der Waals surface area contributed by atoms with Crippen LogP contribution in [-0.2, 0) is 6.42 Å².